The molecule has 23 heavy (non-hydrogen) atoms. The van der Waals surface area contributed by atoms with Crippen LogP contribution in [0.25, 0.3) is 0 Å². The molecule has 0 saturated heterocycles. The monoisotopic (exact) mass is 315 g/mol. The molecular weight excluding hydrogens is 301 g/mol. The molecule has 7 heteroatoms. The van der Waals surface area contributed by atoms with Gasteiger partial charge < -0.3 is 20.6 Å². The molecule has 1 aromatic heterocycles. The average Bonchev–Trinajstić information content (AvgIpc) is 3.31. The third-order valence-electron chi connectivity index (χ3n) is 3.64. The fraction of sp³-hybridized carbons (Fsp3) is 0.188. The molecule has 1 aliphatic carbocycles. The number of carbonyl (C=O) groups excluding carboxylic acids is 2. The number of aromatic nitrogens is 1. The van der Waals surface area contributed by atoms with Crippen LogP contribution in [-0.4, -0.2) is 17.2 Å². The van der Waals surface area contributed by atoms with E-state index in [4.69, 9.17) is 10.5 Å². The van der Waals surface area contributed by atoms with E-state index in [1.165, 1.54) is 24.4 Å². The van der Waals surface area contributed by atoms with Crippen LogP contribution in [0.4, 0.5) is 15.9 Å². The number of ether oxygens (including phenoxy) is 1. The zero-order chi connectivity index (χ0) is 16.4. The number of halogens is 1. The second-order valence-electron chi connectivity index (χ2n) is 5.39. The van der Waals surface area contributed by atoms with Gasteiger partial charge in [-0.25, -0.2) is 9.37 Å². The minimum absolute atomic E-state index is 0.00915. The SMILES string of the molecule is Nc1cc(Oc2ccc(NC(=O)C3(C=O)CC3)cc2F)ccn1. The molecule has 1 aliphatic rings. The molecule has 0 aliphatic heterocycles. The smallest absolute Gasteiger partial charge is 0.237 e. The van der Waals surface area contributed by atoms with Gasteiger partial charge in [0.15, 0.2) is 11.6 Å². The Morgan fingerprint density at radius 1 is 1.35 bits per heavy atom. The van der Waals surface area contributed by atoms with Crippen LogP contribution in [0.3, 0.4) is 0 Å². The molecule has 1 saturated carbocycles. The van der Waals surface area contributed by atoms with Crippen molar-refractivity contribution in [2.45, 2.75) is 12.8 Å². The lowest BCUT2D eigenvalue weighted by Gasteiger charge is -2.11. The summed E-state index contributed by atoms with van der Waals surface area (Å²) in [6.45, 7) is 0. The van der Waals surface area contributed by atoms with Crippen LogP contribution in [0.1, 0.15) is 12.8 Å². The molecule has 1 heterocycles. The number of benzene rings is 1. The van der Waals surface area contributed by atoms with Crippen molar-refractivity contribution in [1.29, 1.82) is 0 Å². The van der Waals surface area contributed by atoms with Crippen molar-refractivity contribution in [3.63, 3.8) is 0 Å². The van der Waals surface area contributed by atoms with Crippen LogP contribution in [0.5, 0.6) is 11.5 Å². The van der Waals surface area contributed by atoms with Crippen LogP contribution in [-0.2, 0) is 9.59 Å². The number of nitrogens with zero attached hydrogens (tertiary/aromatic N) is 1. The maximum Gasteiger partial charge on any atom is 0.237 e. The van der Waals surface area contributed by atoms with E-state index in [2.05, 4.69) is 10.3 Å². The topological polar surface area (TPSA) is 94.3 Å². The van der Waals surface area contributed by atoms with Crippen molar-refractivity contribution in [3.8, 4) is 11.5 Å². The summed E-state index contributed by atoms with van der Waals surface area (Å²) in [6.07, 6.45) is 3.14. The summed E-state index contributed by atoms with van der Waals surface area (Å²) >= 11 is 0. The summed E-state index contributed by atoms with van der Waals surface area (Å²) in [4.78, 5) is 26.7. The first-order valence-electron chi connectivity index (χ1n) is 6.99. The number of nitrogens with two attached hydrogens (primary N) is 1. The van der Waals surface area contributed by atoms with E-state index >= 15 is 0 Å². The lowest BCUT2D eigenvalue weighted by atomic mass is 10.1. The Kier molecular flexibility index (Phi) is 3.69. The van der Waals surface area contributed by atoms with Crippen LogP contribution >= 0.6 is 0 Å². The van der Waals surface area contributed by atoms with Gasteiger partial charge in [-0.05, 0) is 31.0 Å². The normalized spacial score (nSPS) is 14.8. The van der Waals surface area contributed by atoms with E-state index in [0.717, 1.165) is 6.07 Å². The highest BCUT2D eigenvalue weighted by molar-refractivity contribution is 6.07. The van der Waals surface area contributed by atoms with E-state index in [9.17, 15) is 14.0 Å². The number of pyridine rings is 1. The highest BCUT2D eigenvalue weighted by Gasteiger charge is 2.50. The molecule has 2 aromatic rings. The molecule has 1 amide bonds. The first-order chi connectivity index (χ1) is 11.0. The van der Waals surface area contributed by atoms with Crippen molar-refractivity contribution in [2.75, 3.05) is 11.1 Å². The van der Waals surface area contributed by atoms with Gasteiger partial charge in [-0.2, -0.15) is 0 Å². The number of rotatable bonds is 5. The number of nitrogen functional groups attached to an aromatic ring is 1. The summed E-state index contributed by atoms with van der Waals surface area (Å²) in [7, 11) is 0. The number of hydrogen-bond donors (Lipinski definition) is 2. The Hall–Kier alpha value is -2.96. The fourth-order valence-electron chi connectivity index (χ4n) is 2.07. The summed E-state index contributed by atoms with van der Waals surface area (Å²) in [5, 5.41) is 2.54. The lowest BCUT2D eigenvalue weighted by Crippen LogP contribution is -2.25. The second-order valence-corrected chi connectivity index (χ2v) is 5.39. The summed E-state index contributed by atoms with van der Waals surface area (Å²) in [5.41, 5.74) is 4.85. The van der Waals surface area contributed by atoms with Gasteiger partial charge in [0.05, 0.1) is 0 Å². The Morgan fingerprint density at radius 3 is 2.74 bits per heavy atom. The quantitative estimate of drug-likeness (QED) is 0.653. The van der Waals surface area contributed by atoms with E-state index in [-0.39, 0.29) is 17.3 Å². The number of aldehydes is 1. The van der Waals surface area contributed by atoms with Crippen molar-refractivity contribution in [1.82, 2.24) is 4.98 Å². The number of amides is 1. The van der Waals surface area contributed by atoms with Crippen LogP contribution < -0.4 is 15.8 Å². The van der Waals surface area contributed by atoms with Crippen LogP contribution in [0.2, 0.25) is 0 Å². The Balaban J connectivity index is 1.73. The molecule has 3 N–H and O–H groups in total. The molecule has 0 unspecified atom stereocenters. The minimum Gasteiger partial charge on any atom is -0.454 e. The molecule has 0 spiro atoms. The van der Waals surface area contributed by atoms with Crippen molar-refractivity contribution in [2.24, 2.45) is 5.41 Å². The van der Waals surface area contributed by atoms with E-state index < -0.39 is 17.1 Å². The maximum absolute atomic E-state index is 14.1. The van der Waals surface area contributed by atoms with Gasteiger partial charge in [-0.3, -0.25) is 4.79 Å². The van der Waals surface area contributed by atoms with E-state index in [1.54, 1.807) is 6.07 Å². The summed E-state index contributed by atoms with van der Waals surface area (Å²) in [6, 6.07) is 7.05. The largest absolute Gasteiger partial charge is 0.454 e. The van der Waals surface area contributed by atoms with Gasteiger partial charge in [0.2, 0.25) is 5.91 Å². The van der Waals surface area contributed by atoms with Gasteiger partial charge >= 0.3 is 0 Å². The first-order valence-corrected chi connectivity index (χ1v) is 6.99. The predicted octanol–water partition coefficient (Wildman–Crippen LogP) is 2.51. The number of nitrogens with one attached hydrogen (secondary N) is 1. The Bertz CT molecular complexity index is 775. The zero-order valence-corrected chi connectivity index (χ0v) is 12.1. The minimum atomic E-state index is -0.944. The standard InChI is InChI=1S/C16H14FN3O3/c17-12-7-10(20-15(22)16(9-21)4-5-16)1-2-13(12)23-11-3-6-19-14(18)8-11/h1-3,6-9H,4-5H2,(H2,18,19)(H,20,22). The summed E-state index contributed by atoms with van der Waals surface area (Å²) in [5.74, 6) is -0.455. The number of hydrogen-bond acceptors (Lipinski definition) is 5. The maximum atomic E-state index is 14.1. The molecule has 3 rings (SSSR count). The molecule has 1 fully saturated rings. The molecule has 118 valence electrons. The molecule has 0 atom stereocenters. The predicted molar refractivity (Wildman–Crippen MR) is 81.5 cm³/mol. The van der Waals surface area contributed by atoms with Crippen molar-refractivity contribution >= 4 is 23.7 Å². The molecule has 0 bridgehead atoms. The Labute approximate surface area is 131 Å². The van der Waals surface area contributed by atoms with Crippen molar-refractivity contribution in [3.05, 3.63) is 42.3 Å². The number of carbonyl (C=O) groups is 2. The summed E-state index contributed by atoms with van der Waals surface area (Å²) < 4.78 is 19.5. The van der Waals surface area contributed by atoms with Gasteiger partial charge in [0.25, 0.3) is 0 Å². The second kappa shape index (κ2) is 5.68. The van der Waals surface area contributed by atoms with Gasteiger partial charge in [-0.15, -0.1) is 0 Å². The lowest BCUT2D eigenvalue weighted by molar-refractivity contribution is -0.126. The highest BCUT2D eigenvalue weighted by Crippen LogP contribution is 2.44. The molecule has 6 nitrogen and oxygen atoms in total. The molecule has 0 radical (unpaired) electrons. The van der Waals surface area contributed by atoms with Gasteiger partial charge in [0, 0.05) is 24.0 Å². The third kappa shape index (κ3) is 3.13. The third-order valence-corrected chi connectivity index (χ3v) is 3.64. The van der Waals surface area contributed by atoms with Gasteiger partial charge in [-0.1, -0.05) is 0 Å². The fourth-order valence-corrected chi connectivity index (χ4v) is 2.07. The van der Waals surface area contributed by atoms with E-state index in [1.807, 2.05) is 0 Å². The average molecular weight is 315 g/mol. The highest BCUT2D eigenvalue weighted by atomic mass is 19.1. The first kappa shape index (κ1) is 15.0. The van der Waals surface area contributed by atoms with Crippen molar-refractivity contribution < 1.29 is 18.7 Å². The zero-order valence-electron chi connectivity index (χ0n) is 12.1. The van der Waals surface area contributed by atoms with E-state index in [0.29, 0.717) is 24.9 Å². The molecule has 1 aromatic carbocycles. The van der Waals surface area contributed by atoms with Crippen LogP contribution in [0, 0.1) is 11.2 Å². The molecular formula is C16H14FN3O3. The van der Waals surface area contributed by atoms with Gasteiger partial charge in [0.1, 0.15) is 23.3 Å². The number of anilines is 2. The Morgan fingerprint density at radius 2 is 2.13 bits per heavy atom. The van der Waals surface area contributed by atoms with Crippen LogP contribution in [0.15, 0.2) is 36.5 Å².